The molecule has 0 saturated heterocycles. The lowest BCUT2D eigenvalue weighted by atomic mass is 10.1. The van der Waals surface area contributed by atoms with E-state index in [1.54, 1.807) is 12.2 Å². The summed E-state index contributed by atoms with van der Waals surface area (Å²) in [4.78, 5) is 0. The molecule has 0 atom stereocenters. The predicted molar refractivity (Wildman–Crippen MR) is 137 cm³/mol. The average Bonchev–Trinajstić information content (AvgIpc) is 3.08. The monoisotopic (exact) mass is 544 g/mol. The van der Waals surface area contributed by atoms with Crippen molar-refractivity contribution < 1.29 is 13.9 Å². The van der Waals surface area contributed by atoms with Gasteiger partial charge in [-0.1, -0.05) is 49.6 Å². The number of hydrogen-bond donors (Lipinski definition) is 0. The molecular formula is C26H26Br2O3. The first-order chi connectivity index (χ1) is 15.1. The van der Waals surface area contributed by atoms with Crippen molar-refractivity contribution in [2.24, 2.45) is 0 Å². The Morgan fingerprint density at radius 1 is 0.742 bits per heavy atom. The number of hydrogen-bond acceptors (Lipinski definition) is 3. The molecule has 0 saturated carbocycles. The Bertz CT molecular complexity index is 1020. The first kappa shape index (κ1) is 23.4. The van der Waals surface area contributed by atoms with Gasteiger partial charge in [-0.2, -0.15) is 0 Å². The van der Waals surface area contributed by atoms with Crippen LogP contribution in [0.15, 0.2) is 87.2 Å². The van der Waals surface area contributed by atoms with Crippen molar-refractivity contribution in [3.63, 3.8) is 0 Å². The Morgan fingerprint density at radius 2 is 1.19 bits per heavy atom. The summed E-state index contributed by atoms with van der Waals surface area (Å²) in [5.74, 6) is 1.62. The number of halogens is 2. The normalized spacial score (nSPS) is 11.7. The first-order valence-electron chi connectivity index (χ1n) is 10.3. The molecule has 3 aromatic rings. The van der Waals surface area contributed by atoms with E-state index in [1.807, 2.05) is 36.4 Å². The summed E-state index contributed by atoms with van der Waals surface area (Å²) in [6.07, 6.45) is 15.4. The molecular weight excluding hydrogens is 520 g/mol. The van der Waals surface area contributed by atoms with Crippen LogP contribution in [-0.4, -0.2) is 13.2 Å². The van der Waals surface area contributed by atoms with Gasteiger partial charge in [-0.05, 0) is 81.8 Å². The highest BCUT2D eigenvalue weighted by Gasteiger charge is 2.14. The fourth-order valence-electron chi connectivity index (χ4n) is 3.15. The van der Waals surface area contributed by atoms with E-state index in [2.05, 4.69) is 57.2 Å². The molecule has 5 heteroatoms. The van der Waals surface area contributed by atoms with Gasteiger partial charge in [0.15, 0.2) is 0 Å². The van der Waals surface area contributed by atoms with Gasteiger partial charge in [-0.25, -0.2) is 0 Å². The van der Waals surface area contributed by atoms with Crippen LogP contribution < -0.4 is 9.47 Å². The number of allylic oxidation sites excluding steroid dienone is 6. The van der Waals surface area contributed by atoms with E-state index in [4.69, 9.17) is 13.9 Å². The van der Waals surface area contributed by atoms with Crippen molar-refractivity contribution in [2.75, 3.05) is 13.2 Å². The second-order valence-corrected chi connectivity index (χ2v) is 8.68. The van der Waals surface area contributed by atoms with Gasteiger partial charge in [0.2, 0.25) is 0 Å². The Hall–Kier alpha value is -2.24. The van der Waals surface area contributed by atoms with Crippen molar-refractivity contribution >= 4 is 53.8 Å². The van der Waals surface area contributed by atoms with Gasteiger partial charge in [0.1, 0.15) is 22.7 Å². The van der Waals surface area contributed by atoms with E-state index in [0.717, 1.165) is 68.1 Å². The van der Waals surface area contributed by atoms with E-state index in [0.29, 0.717) is 13.2 Å². The molecule has 0 N–H and O–H groups in total. The third kappa shape index (κ3) is 6.37. The largest absolute Gasteiger partial charge is 0.492 e. The fraction of sp³-hybridized carbons (Fsp3) is 0.231. The zero-order valence-electron chi connectivity index (χ0n) is 17.4. The van der Waals surface area contributed by atoms with Crippen molar-refractivity contribution in [3.8, 4) is 11.5 Å². The van der Waals surface area contributed by atoms with Gasteiger partial charge < -0.3 is 13.9 Å². The van der Waals surface area contributed by atoms with E-state index in [1.165, 1.54) is 0 Å². The molecule has 1 aromatic heterocycles. The highest BCUT2D eigenvalue weighted by Crippen LogP contribution is 2.40. The topological polar surface area (TPSA) is 31.6 Å². The van der Waals surface area contributed by atoms with Crippen molar-refractivity contribution in [2.45, 2.75) is 25.7 Å². The lowest BCUT2D eigenvalue weighted by Crippen LogP contribution is -1.97. The van der Waals surface area contributed by atoms with E-state index >= 15 is 0 Å². The van der Waals surface area contributed by atoms with Gasteiger partial charge in [-0.15, -0.1) is 0 Å². The van der Waals surface area contributed by atoms with Gasteiger partial charge >= 0.3 is 0 Å². The van der Waals surface area contributed by atoms with E-state index < -0.39 is 0 Å². The molecule has 0 aliphatic heterocycles. The SMILES string of the molecule is C=C/C=C\CCCOc1cc2c(cc1Br)oc1cc(Br)c(OCCC/C=C\C=C)cc12. The number of unbranched alkanes of at least 4 members (excludes halogenated alkanes) is 2. The molecule has 3 nitrogen and oxygen atoms in total. The molecule has 0 unspecified atom stereocenters. The van der Waals surface area contributed by atoms with Crippen LogP contribution in [0.25, 0.3) is 21.9 Å². The minimum Gasteiger partial charge on any atom is -0.492 e. The van der Waals surface area contributed by atoms with Crippen LogP contribution in [0.5, 0.6) is 11.5 Å². The Morgan fingerprint density at radius 3 is 1.61 bits per heavy atom. The second kappa shape index (κ2) is 12.0. The van der Waals surface area contributed by atoms with Gasteiger partial charge in [0.05, 0.1) is 22.2 Å². The fourth-order valence-corrected chi connectivity index (χ4v) is 4.03. The van der Waals surface area contributed by atoms with Crippen molar-refractivity contribution in [1.82, 2.24) is 0 Å². The Balaban J connectivity index is 1.76. The number of furan rings is 1. The number of ether oxygens (including phenoxy) is 2. The van der Waals surface area contributed by atoms with Crippen molar-refractivity contribution in [3.05, 3.63) is 82.8 Å². The lowest BCUT2D eigenvalue weighted by Gasteiger charge is -2.08. The minimum absolute atomic E-state index is 0.640. The van der Waals surface area contributed by atoms with Gasteiger partial charge in [0.25, 0.3) is 0 Å². The summed E-state index contributed by atoms with van der Waals surface area (Å²) in [7, 11) is 0. The van der Waals surface area contributed by atoms with Crippen molar-refractivity contribution in [1.29, 1.82) is 0 Å². The third-order valence-electron chi connectivity index (χ3n) is 4.67. The molecule has 0 fully saturated rings. The van der Waals surface area contributed by atoms with E-state index in [-0.39, 0.29) is 0 Å². The van der Waals surface area contributed by atoms with Gasteiger partial charge in [-0.3, -0.25) is 0 Å². The minimum atomic E-state index is 0.640. The number of rotatable bonds is 12. The molecule has 2 aromatic carbocycles. The molecule has 31 heavy (non-hydrogen) atoms. The summed E-state index contributed by atoms with van der Waals surface area (Å²) in [5, 5.41) is 2.01. The van der Waals surface area contributed by atoms with E-state index in [9.17, 15) is 0 Å². The van der Waals surface area contributed by atoms with Crippen LogP contribution in [0.2, 0.25) is 0 Å². The molecule has 0 aliphatic rings. The molecule has 0 aliphatic carbocycles. The molecule has 0 bridgehead atoms. The molecule has 3 rings (SSSR count). The highest BCUT2D eigenvalue weighted by molar-refractivity contribution is 9.11. The maximum atomic E-state index is 6.06. The Kier molecular flexibility index (Phi) is 9.04. The molecule has 0 radical (unpaired) electrons. The smallest absolute Gasteiger partial charge is 0.136 e. The summed E-state index contributed by atoms with van der Waals surface area (Å²) >= 11 is 7.20. The lowest BCUT2D eigenvalue weighted by molar-refractivity contribution is 0.310. The average molecular weight is 546 g/mol. The Labute approximate surface area is 200 Å². The molecule has 162 valence electrons. The standard InChI is InChI=1S/C26H26Br2O3/c1-3-5-7-9-11-13-29-25-15-19-20-16-26(30-14-12-10-8-6-4-2)22(28)18-24(20)31-23(19)17-21(25)27/h3-8,15-18H,1-2,9-14H2/b7-5-,8-6-. The van der Waals surface area contributed by atoms with Crippen LogP contribution in [0.3, 0.4) is 0 Å². The molecule has 1 heterocycles. The number of fused-ring (bicyclic) bond motifs is 3. The quantitative estimate of drug-likeness (QED) is 0.168. The number of benzene rings is 2. The summed E-state index contributed by atoms with van der Waals surface area (Å²) < 4.78 is 19.8. The van der Waals surface area contributed by atoms with Gasteiger partial charge in [0, 0.05) is 10.8 Å². The summed E-state index contributed by atoms with van der Waals surface area (Å²) in [6.45, 7) is 8.64. The van der Waals surface area contributed by atoms with Crippen LogP contribution in [0.4, 0.5) is 0 Å². The summed E-state index contributed by atoms with van der Waals surface area (Å²) in [5.41, 5.74) is 1.61. The highest BCUT2D eigenvalue weighted by atomic mass is 79.9. The third-order valence-corrected chi connectivity index (χ3v) is 5.91. The maximum Gasteiger partial charge on any atom is 0.136 e. The van der Waals surface area contributed by atoms with Crippen LogP contribution in [0, 0.1) is 0 Å². The van der Waals surface area contributed by atoms with Crippen LogP contribution >= 0.6 is 31.9 Å². The van der Waals surface area contributed by atoms with Crippen LogP contribution in [0.1, 0.15) is 25.7 Å². The maximum absolute atomic E-state index is 6.06. The molecule has 0 amide bonds. The summed E-state index contributed by atoms with van der Waals surface area (Å²) in [6, 6.07) is 7.98. The molecule has 0 spiro atoms. The second-order valence-electron chi connectivity index (χ2n) is 6.97. The zero-order valence-corrected chi connectivity index (χ0v) is 20.6. The predicted octanol–water partition coefficient (Wildman–Crippen LogP) is 8.91. The van der Waals surface area contributed by atoms with Crippen LogP contribution in [-0.2, 0) is 0 Å². The first-order valence-corrected chi connectivity index (χ1v) is 11.9. The zero-order chi connectivity index (χ0) is 22.1.